The summed E-state index contributed by atoms with van der Waals surface area (Å²) in [7, 11) is 0. The lowest BCUT2D eigenvalue weighted by atomic mass is 9.99. The fourth-order valence-corrected chi connectivity index (χ4v) is 1.80. The van der Waals surface area contributed by atoms with E-state index in [9.17, 15) is 15.3 Å². The summed E-state index contributed by atoms with van der Waals surface area (Å²) < 4.78 is 10.6. The summed E-state index contributed by atoms with van der Waals surface area (Å²) in [6.45, 7) is -0.473. The lowest BCUT2D eigenvalue weighted by molar-refractivity contribution is -0.277. The number of rotatable bonds is 3. The number of benzene rings is 1. The molecule has 1 aromatic rings. The Balaban J connectivity index is 2.08. The fraction of sp³-hybridized carbons (Fsp3) is 0.500. The Bertz CT molecular complexity index is 368. The monoisotopic (exact) mass is 256 g/mol. The van der Waals surface area contributed by atoms with Crippen LogP contribution in [0.15, 0.2) is 30.3 Å². The molecule has 2 rings (SSSR count). The molecule has 2 unspecified atom stereocenters. The maximum absolute atomic E-state index is 9.74. The minimum absolute atomic E-state index is 0.460. The summed E-state index contributed by atoms with van der Waals surface area (Å²) >= 11 is 0. The first-order valence-corrected chi connectivity index (χ1v) is 5.65. The zero-order valence-corrected chi connectivity index (χ0v) is 9.59. The van der Waals surface area contributed by atoms with Crippen LogP contribution >= 0.6 is 0 Å². The second-order valence-electron chi connectivity index (χ2n) is 4.13. The number of ether oxygens (including phenoxy) is 2. The van der Waals surface area contributed by atoms with Gasteiger partial charge < -0.3 is 29.9 Å². The van der Waals surface area contributed by atoms with Crippen molar-refractivity contribution in [1.29, 1.82) is 0 Å². The first-order valence-electron chi connectivity index (χ1n) is 5.65. The van der Waals surface area contributed by atoms with Gasteiger partial charge in [-0.05, 0) is 12.1 Å². The number of hydrogen-bond donors (Lipinski definition) is 4. The molecule has 1 aliphatic rings. The van der Waals surface area contributed by atoms with Crippen LogP contribution in [0.3, 0.4) is 0 Å². The van der Waals surface area contributed by atoms with Gasteiger partial charge in [-0.25, -0.2) is 0 Å². The summed E-state index contributed by atoms with van der Waals surface area (Å²) in [6, 6.07) is 8.64. The van der Waals surface area contributed by atoms with Crippen LogP contribution in [0, 0.1) is 0 Å². The second-order valence-corrected chi connectivity index (χ2v) is 4.13. The number of aliphatic hydroxyl groups is 4. The van der Waals surface area contributed by atoms with Gasteiger partial charge in [0.15, 0.2) is 0 Å². The van der Waals surface area contributed by atoms with Crippen molar-refractivity contribution in [2.45, 2.75) is 30.7 Å². The van der Waals surface area contributed by atoms with Crippen molar-refractivity contribution in [3.8, 4) is 5.75 Å². The Labute approximate surface area is 104 Å². The third-order valence-corrected chi connectivity index (χ3v) is 2.84. The Kier molecular flexibility index (Phi) is 4.15. The molecule has 1 saturated heterocycles. The SMILES string of the molecule is OCC1O[C@@H](Oc2ccccc2)C(O)[C@H](O)[C@H]1O. The van der Waals surface area contributed by atoms with Crippen molar-refractivity contribution >= 4 is 0 Å². The standard InChI is InChI=1S/C12H16O6/c13-6-8-9(14)10(15)11(16)12(18-8)17-7-4-2-1-3-5-7/h1-5,8-16H,6H2/t8?,9-,10+,11?,12+/m0/s1. The molecule has 0 radical (unpaired) electrons. The molecule has 4 N–H and O–H groups in total. The van der Waals surface area contributed by atoms with Gasteiger partial charge in [-0.1, -0.05) is 18.2 Å². The topological polar surface area (TPSA) is 99.4 Å². The van der Waals surface area contributed by atoms with Crippen LogP contribution in [0.5, 0.6) is 5.75 Å². The van der Waals surface area contributed by atoms with Crippen LogP contribution in [0.25, 0.3) is 0 Å². The third kappa shape index (κ3) is 2.63. The van der Waals surface area contributed by atoms with Crippen LogP contribution in [0.2, 0.25) is 0 Å². The molecule has 100 valence electrons. The third-order valence-electron chi connectivity index (χ3n) is 2.84. The Hall–Kier alpha value is -1.18. The van der Waals surface area contributed by atoms with Crippen LogP contribution in [-0.4, -0.2) is 57.7 Å². The highest BCUT2D eigenvalue weighted by Crippen LogP contribution is 2.23. The van der Waals surface area contributed by atoms with Crippen molar-refractivity contribution in [3.05, 3.63) is 30.3 Å². The molecule has 5 atom stereocenters. The average molecular weight is 256 g/mol. The van der Waals surface area contributed by atoms with Crippen LogP contribution < -0.4 is 4.74 Å². The minimum atomic E-state index is -1.43. The van der Waals surface area contributed by atoms with Gasteiger partial charge in [0, 0.05) is 0 Å². The maximum Gasteiger partial charge on any atom is 0.229 e. The van der Waals surface area contributed by atoms with Crippen molar-refractivity contribution in [3.63, 3.8) is 0 Å². The molecule has 1 heterocycles. The molecule has 0 bridgehead atoms. The number of aliphatic hydroxyl groups excluding tert-OH is 4. The Morgan fingerprint density at radius 3 is 2.28 bits per heavy atom. The molecule has 0 aromatic heterocycles. The highest BCUT2D eigenvalue weighted by molar-refractivity contribution is 5.21. The quantitative estimate of drug-likeness (QED) is 0.546. The molecule has 6 heteroatoms. The van der Waals surface area contributed by atoms with E-state index in [0.29, 0.717) is 5.75 Å². The van der Waals surface area contributed by atoms with E-state index < -0.39 is 37.3 Å². The molecule has 18 heavy (non-hydrogen) atoms. The molecule has 1 fully saturated rings. The second kappa shape index (κ2) is 5.64. The molecule has 1 aromatic carbocycles. The van der Waals surface area contributed by atoms with E-state index in [1.165, 1.54) is 0 Å². The van der Waals surface area contributed by atoms with Gasteiger partial charge in [-0.3, -0.25) is 0 Å². The Morgan fingerprint density at radius 1 is 1.00 bits per heavy atom. The zero-order valence-electron chi connectivity index (χ0n) is 9.59. The fourth-order valence-electron chi connectivity index (χ4n) is 1.80. The van der Waals surface area contributed by atoms with Crippen molar-refractivity contribution < 1.29 is 29.9 Å². The smallest absolute Gasteiger partial charge is 0.229 e. The zero-order chi connectivity index (χ0) is 13.1. The predicted octanol–water partition coefficient (Wildman–Crippen LogP) is -1.13. The molecular weight excluding hydrogens is 240 g/mol. The molecule has 0 aliphatic carbocycles. The van der Waals surface area contributed by atoms with Gasteiger partial charge in [0.2, 0.25) is 6.29 Å². The first kappa shape index (κ1) is 13.3. The number of para-hydroxylation sites is 1. The summed E-state index contributed by atoms with van der Waals surface area (Å²) in [5.74, 6) is 0.460. The van der Waals surface area contributed by atoms with Gasteiger partial charge in [0.25, 0.3) is 0 Å². The Morgan fingerprint density at radius 2 is 1.67 bits per heavy atom. The van der Waals surface area contributed by atoms with Gasteiger partial charge in [-0.15, -0.1) is 0 Å². The summed E-state index contributed by atoms with van der Waals surface area (Å²) in [5, 5.41) is 37.9. The van der Waals surface area contributed by atoms with Gasteiger partial charge in [-0.2, -0.15) is 0 Å². The van der Waals surface area contributed by atoms with E-state index in [2.05, 4.69) is 0 Å². The largest absolute Gasteiger partial charge is 0.462 e. The molecule has 1 aliphatic heterocycles. The summed E-state index contributed by atoms with van der Waals surface area (Å²) in [4.78, 5) is 0. The average Bonchev–Trinajstić information content (AvgIpc) is 2.40. The van der Waals surface area contributed by atoms with Gasteiger partial charge in [0.05, 0.1) is 6.61 Å². The van der Waals surface area contributed by atoms with E-state index >= 15 is 0 Å². The van der Waals surface area contributed by atoms with E-state index in [4.69, 9.17) is 14.6 Å². The van der Waals surface area contributed by atoms with Crippen LogP contribution in [0.1, 0.15) is 0 Å². The van der Waals surface area contributed by atoms with E-state index in [0.717, 1.165) is 0 Å². The van der Waals surface area contributed by atoms with E-state index in [1.54, 1.807) is 30.3 Å². The van der Waals surface area contributed by atoms with Crippen molar-refractivity contribution in [2.24, 2.45) is 0 Å². The van der Waals surface area contributed by atoms with Crippen molar-refractivity contribution in [1.82, 2.24) is 0 Å². The summed E-state index contributed by atoms with van der Waals surface area (Å²) in [6.07, 6.45) is -6.28. The first-order chi connectivity index (χ1) is 8.63. The van der Waals surface area contributed by atoms with E-state index in [-0.39, 0.29) is 0 Å². The molecule has 0 spiro atoms. The molecule has 0 saturated carbocycles. The van der Waals surface area contributed by atoms with E-state index in [1.807, 2.05) is 0 Å². The minimum Gasteiger partial charge on any atom is -0.462 e. The van der Waals surface area contributed by atoms with Crippen LogP contribution in [-0.2, 0) is 4.74 Å². The normalized spacial score (nSPS) is 36.3. The highest BCUT2D eigenvalue weighted by atomic mass is 16.7. The van der Waals surface area contributed by atoms with Crippen LogP contribution in [0.4, 0.5) is 0 Å². The lowest BCUT2D eigenvalue weighted by Gasteiger charge is -2.39. The number of hydrogen-bond acceptors (Lipinski definition) is 6. The van der Waals surface area contributed by atoms with Gasteiger partial charge in [0.1, 0.15) is 30.2 Å². The van der Waals surface area contributed by atoms with Gasteiger partial charge >= 0.3 is 0 Å². The maximum atomic E-state index is 9.74. The molecule has 6 nitrogen and oxygen atoms in total. The lowest BCUT2D eigenvalue weighted by Crippen LogP contribution is -2.60. The summed E-state index contributed by atoms with van der Waals surface area (Å²) in [5.41, 5.74) is 0. The van der Waals surface area contributed by atoms with Crippen molar-refractivity contribution in [2.75, 3.05) is 6.61 Å². The predicted molar refractivity (Wildman–Crippen MR) is 60.8 cm³/mol. The molecule has 0 amide bonds. The highest BCUT2D eigenvalue weighted by Gasteiger charge is 2.44. The molecular formula is C12H16O6.